The van der Waals surface area contributed by atoms with Gasteiger partial charge in [-0.25, -0.2) is 17.9 Å². The van der Waals surface area contributed by atoms with Gasteiger partial charge in [0, 0.05) is 6.54 Å². The lowest BCUT2D eigenvalue weighted by Gasteiger charge is -2.21. The molecule has 0 bridgehead atoms. The Bertz CT molecular complexity index is 576. The van der Waals surface area contributed by atoms with E-state index in [1.807, 2.05) is 0 Å². The lowest BCUT2D eigenvalue weighted by atomic mass is 9.90. The van der Waals surface area contributed by atoms with E-state index < -0.39 is 16.0 Å². The highest BCUT2D eigenvalue weighted by Crippen LogP contribution is 2.23. The van der Waals surface area contributed by atoms with Gasteiger partial charge < -0.3 is 4.74 Å². The second-order valence-corrected chi connectivity index (χ2v) is 6.89. The SMILES string of the molecule is CCOC(=O)c1cn[nH]c1S(=O)(=O)NCC1CCCCC1. The summed E-state index contributed by atoms with van der Waals surface area (Å²) in [5, 5.41) is 5.79. The number of rotatable bonds is 6. The monoisotopic (exact) mass is 315 g/mol. The van der Waals surface area contributed by atoms with Crippen LogP contribution in [0.4, 0.5) is 0 Å². The summed E-state index contributed by atoms with van der Waals surface area (Å²) < 4.78 is 31.9. The van der Waals surface area contributed by atoms with Crippen LogP contribution in [0.2, 0.25) is 0 Å². The van der Waals surface area contributed by atoms with Gasteiger partial charge in [-0.15, -0.1) is 0 Å². The average Bonchev–Trinajstić information content (AvgIpc) is 2.97. The van der Waals surface area contributed by atoms with E-state index in [0.29, 0.717) is 12.5 Å². The second-order valence-electron chi connectivity index (χ2n) is 5.19. The summed E-state index contributed by atoms with van der Waals surface area (Å²) in [5.74, 6) is -0.327. The number of aromatic nitrogens is 2. The fraction of sp³-hybridized carbons (Fsp3) is 0.692. The Morgan fingerprint density at radius 3 is 2.81 bits per heavy atom. The molecule has 118 valence electrons. The number of nitrogens with zero attached hydrogens (tertiary/aromatic N) is 1. The summed E-state index contributed by atoms with van der Waals surface area (Å²) in [5.41, 5.74) is -0.0620. The largest absolute Gasteiger partial charge is 0.462 e. The Morgan fingerprint density at radius 2 is 2.14 bits per heavy atom. The lowest BCUT2D eigenvalue weighted by molar-refractivity contribution is 0.0522. The van der Waals surface area contributed by atoms with E-state index in [4.69, 9.17) is 4.74 Å². The van der Waals surface area contributed by atoms with Gasteiger partial charge in [-0.05, 0) is 25.7 Å². The first-order valence-electron chi connectivity index (χ1n) is 7.24. The van der Waals surface area contributed by atoms with Crippen molar-refractivity contribution < 1.29 is 17.9 Å². The molecule has 7 nitrogen and oxygen atoms in total. The number of hydrogen-bond donors (Lipinski definition) is 2. The molecule has 8 heteroatoms. The van der Waals surface area contributed by atoms with Crippen molar-refractivity contribution in [3.8, 4) is 0 Å². The molecule has 0 amide bonds. The van der Waals surface area contributed by atoms with Gasteiger partial charge in [0.2, 0.25) is 0 Å². The normalized spacial score (nSPS) is 16.8. The lowest BCUT2D eigenvalue weighted by Crippen LogP contribution is -2.31. The maximum Gasteiger partial charge on any atom is 0.342 e. The highest BCUT2D eigenvalue weighted by molar-refractivity contribution is 7.89. The van der Waals surface area contributed by atoms with Crippen LogP contribution in [-0.4, -0.2) is 37.7 Å². The third-order valence-electron chi connectivity index (χ3n) is 3.66. The third kappa shape index (κ3) is 4.04. The van der Waals surface area contributed by atoms with Gasteiger partial charge >= 0.3 is 5.97 Å². The molecule has 21 heavy (non-hydrogen) atoms. The van der Waals surface area contributed by atoms with E-state index in [0.717, 1.165) is 25.7 Å². The molecule has 1 aromatic rings. The summed E-state index contributed by atoms with van der Waals surface area (Å²) in [4.78, 5) is 11.7. The zero-order chi connectivity index (χ0) is 15.3. The van der Waals surface area contributed by atoms with Crippen molar-refractivity contribution in [3.05, 3.63) is 11.8 Å². The highest BCUT2D eigenvalue weighted by atomic mass is 32.2. The quantitative estimate of drug-likeness (QED) is 0.774. The molecule has 2 rings (SSSR count). The van der Waals surface area contributed by atoms with E-state index in [2.05, 4.69) is 14.9 Å². The molecule has 2 N–H and O–H groups in total. The van der Waals surface area contributed by atoms with Gasteiger partial charge in [0.05, 0.1) is 12.8 Å². The first-order valence-corrected chi connectivity index (χ1v) is 8.73. The summed E-state index contributed by atoms with van der Waals surface area (Å²) in [6.45, 7) is 2.23. The zero-order valence-corrected chi connectivity index (χ0v) is 12.9. The van der Waals surface area contributed by atoms with Crippen LogP contribution in [0, 0.1) is 5.92 Å². The predicted molar refractivity (Wildman–Crippen MR) is 76.3 cm³/mol. The smallest absolute Gasteiger partial charge is 0.342 e. The van der Waals surface area contributed by atoms with Crippen molar-refractivity contribution in [3.63, 3.8) is 0 Å². The number of carbonyl (C=O) groups excluding carboxylic acids is 1. The third-order valence-corrected chi connectivity index (χ3v) is 5.05. The first-order chi connectivity index (χ1) is 10.0. The van der Waals surface area contributed by atoms with E-state index in [9.17, 15) is 13.2 Å². The molecular weight excluding hydrogens is 294 g/mol. The number of hydrogen-bond acceptors (Lipinski definition) is 5. The Morgan fingerprint density at radius 1 is 1.43 bits per heavy atom. The van der Waals surface area contributed by atoms with Crippen LogP contribution >= 0.6 is 0 Å². The minimum Gasteiger partial charge on any atom is -0.462 e. The van der Waals surface area contributed by atoms with Gasteiger partial charge in [-0.3, -0.25) is 5.10 Å². The van der Waals surface area contributed by atoms with E-state index >= 15 is 0 Å². The van der Waals surface area contributed by atoms with Crippen LogP contribution in [0.3, 0.4) is 0 Å². The Hall–Kier alpha value is -1.41. The van der Waals surface area contributed by atoms with Crippen LogP contribution in [0.25, 0.3) is 0 Å². The molecule has 1 aliphatic carbocycles. The van der Waals surface area contributed by atoms with Crippen LogP contribution < -0.4 is 4.72 Å². The van der Waals surface area contributed by atoms with Gasteiger partial charge in [-0.2, -0.15) is 5.10 Å². The molecule has 1 aliphatic rings. The number of esters is 1. The molecule has 1 aromatic heterocycles. The standard InChI is InChI=1S/C13H21N3O4S/c1-2-20-13(17)11-9-14-16-12(11)21(18,19)15-8-10-6-4-3-5-7-10/h9-10,15H,2-8H2,1H3,(H,14,16). The van der Waals surface area contributed by atoms with Gasteiger partial charge in [0.15, 0.2) is 5.03 Å². The van der Waals surface area contributed by atoms with E-state index in [1.165, 1.54) is 12.6 Å². The zero-order valence-electron chi connectivity index (χ0n) is 12.1. The summed E-state index contributed by atoms with van der Waals surface area (Å²) in [7, 11) is -3.78. The topological polar surface area (TPSA) is 101 Å². The fourth-order valence-electron chi connectivity index (χ4n) is 2.52. The van der Waals surface area contributed by atoms with Crippen molar-refractivity contribution in [2.24, 2.45) is 5.92 Å². The number of carbonyl (C=O) groups is 1. The predicted octanol–water partition coefficient (Wildman–Crippen LogP) is 1.44. The number of ether oxygens (including phenoxy) is 1. The minimum atomic E-state index is -3.78. The molecule has 0 aliphatic heterocycles. The fourth-order valence-corrected chi connectivity index (χ4v) is 3.72. The van der Waals surface area contributed by atoms with Gasteiger partial charge in [0.1, 0.15) is 5.56 Å². The average molecular weight is 315 g/mol. The Kier molecular flexibility index (Phi) is 5.35. The van der Waals surface area contributed by atoms with Crippen LogP contribution in [0.5, 0.6) is 0 Å². The van der Waals surface area contributed by atoms with Gasteiger partial charge in [-0.1, -0.05) is 19.3 Å². The summed E-state index contributed by atoms with van der Waals surface area (Å²) in [6.07, 6.45) is 6.76. The minimum absolute atomic E-state index is 0.0620. The van der Waals surface area contributed by atoms with Crippen LogP contribution in [0.15, 0.2) is 11.2 Å². The maximum atomic E-state index is 12.3. The first kappa shape index (κ1) is 16.0. The molecule has 1 fully saturated rings. The molecule has 0 saturated heterocycles. The van der Waals surface area contributed by atoms with E-state index in [1.54, 1.807) is 6.92 Å². The number of H-pyrrole nitrogens is 1. The summed E-state index contributed by atoms with van der Waals surface area (Å²) in [6, 6.07) is 0. The molecule has 0 aromatic carbocycles. The number of nitrogens with one attached hydrogen (secondary N) is 2. The van der Waals surface area contributed by atoms with Crippen molar-refractivity contribution in [2.45, 2.75) is 44.1 Å². The second kappa shape index (κ2) is 7.04. The molecule has 1 saturated carbocycles. The number of aromatic amines is 1. The molecule has 0 unspecified atom stereocenters. The highest BCUT2D eigenvalue weighted by Gasteiger charge is 2.26. The Balaban J connectivity index is 2.05. The molecule has 0 spiro atoms. The van der Waals surface area contributed by atoms with Crippen molar-refractivity contribution >= 4 is 16.0 Å². The summed E-state index contributed by atoms with van der Waals surface area (Å²) >= 11 is 0. The number of sulfonamides is 1. The van der Waals surface area contributed by atoms with Crippen molar-refractivity contribution in [1.82, 2.24) is 14.9 Å². The maximum absolute atomic E-state index is 12.3. The van der Waals surface area contributed by atoms with Crippen molar-refractivity contribution in [1.29, 1.82) is 0 Å². The molecule has 0 radical (unpaired) electrons. The molecular formula is C13H21N3O4S. The van der Waals surface area contributed by atoms with Crippen molar-refractivity contribution in [2.75, 3.05) is 13.2 Å². The molecule has 1 heterocycles. The van der Waals surface area contributed by atoms with E-state index in [-0.39, 0.29) is 17.2 Å². The van der Waals surface area contributed by atoms with Crippen LogP contribution in [-0.2, 0) is 14.8 Å². The van der Waals surface area contributed by atoms with Crippen LogP contribution in [0.1, 0.15) is 49.4 Å². The Labute approximate surface area is 124 Å². The van der Waals surface area contributed by atoms with Gasteiger partial charge in [0.25, 0.3) is 10.0 Å². The molecule has 0 atom stereocenters.